The van der Waals surface area contributed by atoms with Crippen molar-refractivity contribution in [3.63, 3.8) is 0 Å². The first-order valence-corrected chi connectivity index (χ1v) is 7.30. The number of nitrogens with zero attached hydrogens (tertiary/aromatic N) is 2. The maximum absolute atomic E-state index is 11.8. The molecule has 0 fully saturated rings. The van der Waals surface area contributed by atoms with E-state index in [9.17, 15) is 9.59 Å². The van der Waals surface area contributed by atoms with Crippen molar-refractivity contribution in [2.24, 2.45) is 5.73 Å². The van der Waals surface area contributed by atoms with E-state index < -0.39 is 0 Å². The van der Waals surface area contributed by atoms with Crippen molar-refractivity contribution in [1.29, 1.82) is 0 Å². The van der Waals surface area contributed by atoms with Crippen molar-refractivity contribution in [2.75, 3.05) is 32.1 Å². The van der Waals surface area contributed by atoms with E-state index in [1.54, 1.807) is 0 Å². The third kappa shape index (κ3) is 6.38. The number of para-hydroxylation sites is 1. The molecule has 2 aromatic rings. The van der Waals surface area contributed by atoms with Gasteiger partial charge in [0.05, 0.1) is 18.6 Å². The molecule has 2 rings (SSSR count). The smallest absolute Gasteiger partial charge is 0.239 e. The highest BCUT2D eigenvalue weighted by Gasteiger charge is 2.09. The highest BCUT2D eigenvalue weighted by Crippen LogP contribution is 2.21. The predicted molar refractivity (Wildman–Crippen MR) is 104 cm³/mol. The summed E-state index contributed by atoms with van der Waals surface area (Å²) >= 11 is 0. The van der Waals surface area contributed by atoms with Crippen LogP contribution in [0.1, 0.15) is 5.56 Å². The van der Waals surface area contributed by atoms with Gasteiger partial charge in [0.2, 0.25) is 11.8 Å². The fraction of sp³-hybridized carbons (Fsp3) is 0.312. The minimum atomic E-state index is -0.357. The number of carbonyl (C=O) groups is 2. The van der Waals surface area contributed by atoms with Gasteiger partial charge in [-0.1, -0.05) is 18.2 Å². The number of aromatic nitrogens is 1. The van der Waals surface area contributed by atoms with Crippen LogP contribution in [0.5, 0.6) is 0 Å². The van der Waals surface area contributed by atoms with Gasteiger partial charge in [-0.25, -0.2) is 4.98 Å². The lowest BCUT2D eigenvalue weighted by molar-refractivity contribution is -0.125. The van der Waals surface area contributed by atoms with Gasteiger partial charge in [-0.2, -0.15) is 0 Å². The van der Waals surface area contributed by atoms with Crippen LogP contribution in [-0.2, 0) is 16.1 Å². The zero-order chi connectivity index (χ0) is 16.8. The topological polar surface area (TPSA) is 100 Å². The molecule has 0 spiro atoms. The van der Waals surface area contributed by atoms with E-state index >= 15 is 0 Å². The van der Waals surface area contributed by atoms with Gasteiger partial charge in [0, 0.05) is 26.0 Å². The normalized spacial score (nSPS) is 9.56. The molecule has 0 saturated carbocycles. The summed E-state index contributed by atoms with van der Waals surface area (Å²) in [5.41, 5.74) is 7.02. The Bertz CT molecular complexity index is 725. The van der Waals surface area contributed by atoms with E-state index in [1.807, 2.05) is 49.3 Å². The molecule has 1 aromatic heterocycles. The van der Waals surface area contributed by atoms with Crippen LogP contribution in [0, 0.1) is 0 Å². The zero-order valence-corrected chi connectivity index (χ0v) is 15.7. The van der Waals surface area contributed by atoms with E-state index in [1.165, 1.54) is 0 Å². The second-order valence-corrected chi connectivity index (χ2v) is 5.31. The average molecular weight is 388 g/mol. The number of fused-ring (bicyclic) bond motifs is 1. The van der Waals surface area contributed by atoms with Crippen molar-refractivity contribution in [2.45, 2.75) is 6.54 Å². The first-order valence-electron chi connectivity index (χ1n) is 7.30. The molecule has 1 aromatic carbocycles. The maximum Gasteiger partial charge on any atom is 0.239 e. The van der Waals surface area contributed by atoms with E-state index in [0.717, 1.165) is 22.3 Å². The standard InChI is InChI=1S/C16H21N5O2.2ClH/c1-21(2)14-7-11(12-5-3-4-6-13(12)20-14)9-18-16(23)10-19-15(22)8-17;;/h3-7H,8-10,17H2,1-2H3,(H,18,23)(H,19,22);2*1H. The molecule has 0 atom stereocenters. The van der Waals surface area contributed by atoms with Crippen molar-refractivity contribution >= 4 is 53.3 Å². The molecule has 0 aliphatic heterocycles. The van der Waals surface area contributed by atoms with Crippen molar-refractivity contribution in [1.82, 2.24) is 15.6 Å². The Morgan fingerprint density at radius 3 is 2.44 bits per heavy atom. The molecule has 0 bridgehead atoms. The SMILES string of the molecule is CN(C)c1cc(CNC(=O)CNC(=O)CN)c2ccccc2n1.Cl.Cl. The number of amides is 2. The monoisotopic (exact) mass is 387 g/mol. The quantitative estimate of drug-likeness (QED) is 0.681. The third-order valence-corrected chi connectivity index (χ3v) is 3.35. The van der Waals surface area contributed by atoms with Crippen LogP contribution in [0.4, 0.5) is 5.82 Å². The van der Waals surface area contributed by atoms with E-state index in [-0.39, 0.29) is 49.7 Å². The molecule has 9 heteroatoms. The minimum absolute atomic E-state index is 0. The molecule has 2 amide bonds. The number of hydrogen-bond donors (Lipinski definition) is 3. The summed E-state index contributed by atoms with van der Waals surface area (Å²) in [5, 5.41) is 6.22. The maximum atomic E-state index is 11.8. The average Bonchev–Trinajstić information content (AvgIpc) is 2.56. The fourth-order valence-corrected chi connectivity index (χ4v) is 2.11. The van der Waals surface area contributed by atoms with Crippen LogP contribution < -0.4 is 21.3 Å². The number of benzene rings is 1. The summed E-state index contributed by atoms with van der Waals surface area (Å²) in [6, 6.07) is 9.72. The van der Waals surface area contributed by atoms with Crippen molar-refractivity contribution in [3.05, 3.63) is 35.9 Å². The lowest BCUT2D eigenvalue weighted by Crippen LogP contribution is -2.39. The largest absolute Gasteiger partial charge is 0.363 e. The summed E-state index contributed by atoms with van der Waals surface area (Å²) in [4.78, 5) is 29.3. The molecule has 0 saturated heterocycles. The Morgan fingerprint density at radius 1 is 1.12 bits per heavy atom. The number of pyridine rings is 1. The first kappa shape index (κ1) is 22.9. The zero-order valence-electron chi connectivity index (χ0n) is 14.1. The molecule has 25 heavy (non-hydrogen) atoms. The summed E-state index contributed by atoms with van der Waals surface area (Å²) in [7, 11) is 3.84. The highest BCUT2D eigenvalue weighted by molar-refractivity contribution is 5.87. The Balaban J connectivity index is 0.00000288. The van der Waals surface area contributed by atoms with Gasteiger partial charge >= 0.3 is 0 Å². The summed E-state index contributed by atoms with van der Waals surface area (Å²) in [6.07, 6.45) is 0. The summed E-state index contributed by atoms with van der Waals surface area (Å²) in [6.45, 7) is 0.148. The van der Waals surface area contributed by atoms with Crippen LogP contribution in [-0.4, -0.2) is 44.0 Å². The molecular formula is C16H23Cl2N5O2. The van der Waals surface area contributed by atoms with Gasteiger partial charge in [-0.3, -0.25) is 9.59 Å². The Hall–Kier alpha value is -2.09. The van der Waals surface area contributed by atoms with Crippen LogP contribution in [0.2, 0.25) is 0 Å². The van der Waals surface area contributed by atoms with Crippen LogP contribution >= 0.6 is 24.8 Å². The molecule has 0 aliphatic rings. The second kappa shape index (κ2) is 10.7. The second-order valence-electron chi connectivity index (χ2n) is 5.31. The molecule has 4 N–H and O–H groups in total. The number of hydrogen-bond acceptors (Lipinski definition) is 5. The summed E-state index contributed by atoms with van der Waals surface area (Å²) < 4.78 is 0. The van der Waals surface area contributed by atoms with Gasteiger partial charge in [0.25, 0.3) is 0 Å². The molecule has 0 aliphatic carbocycles. The van der Waals surface area contributed by atoms with Gasteiger partial charge in [0.15, 0.2) is 0 Å². The van der Waals surface area contributed by atoms with E-state index in [4.69, 9.17) is 5.73 Å². The van der Waals surface area contributed by atoms with E-state index in [2.05, 4.69) is 15.6 Å². The van der Waals surface area contributed by atoms with Crippen molar-refractivity contribution < 1.29 is 9.59 Å². The molecule has 0 unspecified atom stereocenters. The van der Waals surface area contributed by atoms with Crippen LogP contribution in [0.15, 0.2) is 30.3 Å². The lowest BCUT2D eigenvalue weighted by atomic mass is 10.1. The number of nitrogens with two attached hydrogens (primary N) is 1. The number of anilines is 1. The number of halogens is 2. The predicted octanol–water partition coefficient (Wildman–Crippen LogP) is 0.836. The van der Waals surface area contributed by atoms with Gasteiger partial charge in [0.1, 0.15) is 5.82 Å². The molecule has 7 nitrogen and oxygen atoms in total. The highest BCUT2D eigenvalue weighted by atomic mass is 35.5. The number of rotatable bonds is 6. The number of nitrogens with one attached hydrogen (secondary N) is 2. The summed E-state index contributed by atoms with van der Waals surface area (Å²) in [5.74, 6) is 0.202. The van der Waals surface area contributed by atoms with Gasteiger partial charge < -0.3 is 21.3 Å². The Labute approximate surface area is 159 Å². The minimum Gasteiger partial charge on any atom is -0.363 e. The first-order chi connectivity index (χ1) is 11.0. The molecule has 138 valence electrons. The molecule has 1 heterocycles. The fourth-order valence-electron chi connectivity index (χ4n) is 2.11. The lowest BCUT2D eigenvalue weighted by Gasteiger charge is -2.15. The Morgan fingerprint density at radius 2 is 1.80 bits per heavy atom. The van der Waals surface area contributed by atoms with E-state index in [0.29, 0.717) is 6.54 Å². The Kier molecular flexibility index (Phi) is 9.81. The molecular weight excluding hydrogens is 365 g/mol. The molecule has 0 radical (unpaired) electrons. The van der Waals surface area contributed by atoms with Crippen LogP contribution in [0.25, 0.3) is 10.9 Å². The van der Waals surface area contributed by atoms with Crippen molar-refractivity contribution in [3.8, 4) is 0 Å². The number of carbonyl (C=O) groups excluding carboxylic acids is 2. The van der Waals surface area contributed by atoms with Gasteiger partial charge in [-0.15, -0.1) is 24.8 Å². The van der Waals surface area contributed by atoms with Gasteiger partial charge in [-0.05, 0) is 17.7 Å². The van der Waals surface area contributed by atoms with Crippen LogP contribution in [0.3, 0.4) is 0 Å². The third-order valence-electron chi connectivity index (χ3n) is 3.35.